The Morgan fingerprint density at radius 2 is 1.72 bits per heavy atom. The number of aliphatic hydroxyl groups is 1. The molecule has 0 spiro atoms. The molecular weight excluding hydrogens is 433 g/mol. The molecule has 32 heavy (non-hydrogen) atoms. The Hall–Kier alpha value is -3.90. The molecule has 3 aromatic carbocycles. The monoisotopic (exact) mass is 447 g/mol. The second-order valence-corrected chi connectivity index (χ2v) is 7.73. The third-order valence-corrected chi connectivity index (χ3v) is 5.69. The van der Waals surface area contributed by atoms with Crippen LogP contribution in [0.4, 0.5) is 10.1 Å². The Morgan fingerprint density at radius 1 is 1.00 bits per heavy atom. The van der Waals surface area contributed by atoms with E-state index in [0.717, 1.165) is 11.5 Å². The van der Waals surface area contributed by atoms with E-state index < -0.39 is 29.3 Å². The number of hydrogen-bond acceptors (Lipinski definition) is 4. The first-order valence-corrected chi connectivity index (χ1v) is 10.1. The first-order valence-electron chi connectivity index (χ1n) is 9.75. The number of rotatable bonds is 4. The summed E-state index contributed by atoms with van der Waals surface area (Å²) in [4.78, 5) is 27.8. The van der Waals surface area contributed by atoms with E-state index in [1.54, 1.807) is 54.6 Å². The molecule has 4 aromatic rings. The first kappa shape index (κ1) is 20.0. The van der Waals surface area contributed by atoms with Crippen molar-refractivity contribution in [2.24, 2.45) is 0 Å². The molecule has 5 nitrogen and oxygen atoms in total. The molecule has 1 atom stereocenters. The summed E-state index contributed by atoms with van der Waals surface area (Å²) in [5.41, 5.74) is 1.22. The van der Waals surface area contributed by atoms with E-state index in [-0.39, 0.29) is 22.0 Å². The molecule has 0 saturated heterocycles. The molecule has 0 radical (unpaired) electrons. The van der Waals surface area contributed by atoms with Gasteiger partial charge in [0.25, 0.3) is 5.91 Å². The van der Waals surface area contributed by atoms with Gasteiger partial charge >= 0.3 is 0 Å². The maximum absolute atomic E-state index is 13.7. The van der Waals surface area contributed by atoms with Gasteiger partial charge in [-0.05, 0) is 35.9 Å². The van der Waals surface area contributed by atoms with Crippen molar-refractivity contribution in [3.05, 3.63) is 112 Å². The second-order valence-electron chi connectivity index (χ2n) is 7.33. The number of carbonyl (C=O) groups is 2. The summed E-state index contributed by atoms with van der Waals surface area (Å²) in [6.07, 6.45) is 0. The number of halogens is 2. The molecule has 1 amide bonds. The largest absolute Gasteiger partial charge is 0.503 e. The zero-order valence-corrected chi connectivity index (χ0v) is 17.2. The van der Waals surface area contributed by atoms with Crippen LogP contribution in [0.3, 0.4) is 0 Å². The van der Waals surface area contributed by atoms with Gasteiger partial charge in [0.1, 0.15) is 11.4 Å². The summed E-state index contributed by atoms with van der Waals surface area (Å²) in [5, 5.41) is 11.3. The Labute approximate surface area is 186 Å². The number of fused-ring (bicyclic) bond motifs is 1. The van der Waals surface area contributed by atoms with Crippen molar-refractivity contribution < 1.29 is 23.5 Å². The van der Waals surface area contributed by atoms with Gasteiger partial charge in [-0.15, -0.1) is 0 Å². The molecule has 1 unspecified atom stereocenters. The van der Waals surface area contributed by atoms with E-state index in [1.807, 2.05) is 6.07 Å². The molecule has 1 aliphatic heterocycles. The number of hydrogen-bond donors (Lipinski definition) is 1. The highest BCUT2D eigenvalue weighted by molar-refractivity contribution is 6.31. The quantitative estimate of drug-likeness (QED) is 0.389. The zero-order valence-electron chi connectivity index (χ0n) is 16.5. The van der Waals surface area contributed by atoms with Crippen molar-refractivity contribution in [3.63, 3.8) is 0 Å². The van der Waals surface area contributed by atoms with Gasteiger partial charge in [0.15, 0.2) is 11.5 Å². The molecule has 158 valence electrons. The highest BCUT2D eigenvalue weighted by Crippen LogP contribution is 2.43. The van der Waals surface area contributed by atoms with Crippen LogP contribution in [-0.2, 0) is 4.79 Å². The number of carbonyl (C=O) groups excluding carboxylic acids is 2. The van der Waals surface area contributed by atoms with Crippen molar-refractivity contribution >= 4 is 39.9 Å². The molecule has 0 fully saturated rings. The Morgan fingerprint density at radius 3 is 2.44 bits per heavy atom. The van der Waals surface area contributed by atoms with E-state index in [2.05, 4.69) is 0 Å². The van der Waals surface area contributed by atoms with Gasteiger partial charge in [-0.1, -0.05) is 60.1 Å². The minimum atomic E-state index is -0.953. The number of para-hydroxylation sites is 1. The van der Waals surface area contributed by atoms with Crippen LogP contribution in [0.25, 0.3) is 11.0 Å². The molecule has 1 aliphatic rings. The third-order valence-electron chi connectivity index (χ3n) is 5.40. The van der Waals surface area contributed by atoms with Crippen LogP contribution in [0.1, 0.15) is 22.2 Å². The molecule has 0 bridgehead atoms. The fourth-order valence-corrected chi connectivity index (χ4v) is 4.09. The molecule has 0 saturated carbocycles. The molecule has 0 aliphatic carbocycles. The highest BCUT2D eigenvalue weighted by Gasteiger charge is 2.45. The summed E-state index contributed by atoms with van der Waals surface area (Å²) in [6, 6.07) is 20.3. The van der Waals surface area contributed by atoms with Gasteiger partial charge in [0.2, 0.25) is 5.78 Å². The second kappa shape index (κ2) is 7.66. The predicted molar refractivity (Wildman–Crippen MR) is 118 cm³/mol. The molecule has 5 rings (SSSR count). The summed E-state index contributed by atoms with van der Waals surface area (Å²) in [6.45, 7) is 0. The lowest BCUT2D eigenvalue weighted by molar-refractivity contribution is -0.117. The van der Waals surface area contributed by atoms with Crippen molar-refractivity contribution in [1.82, 2.24) is 0 Å². The van der Waals surface area contributed by atoms with E-state index in [9.17, 15) is 19.1 Å². The number of benzene rings is 3. The molecule has 1 aromatic heterocycles. The number of aliphatic hydroxyl groups excluding tert-OH is 1. The average molecular weight is 448 g/mol. The van der Waals surface area contributed by atoms with E-state index >= 15 is 0 Å². The van der Waals surface area contributed by atoms with E-state index in [1.165, 1.54) is 17.0 Å². The Balaban J connectivity index is 1.66. The first-order chi connectivity index (χ1) is 15.5. The van der Waals surface area contributed by atoms with Gasteiger partial charge in [0.05, 0.1) is 16.6 Å². The summed E-state index contributed by atoms with van der Waals surface area (Å²) >= 11 is 5.94. The molecule has 2 heterocycles. The maximum atomic E-state index is 13.7. The van der Waals surface area contributed by atoms with Crippen LogP contribution < -0.4 is 4.90 Å². The molecular formula is C25H15ClFNO4. The number of nitrogens with zero attached hydrogens (tertiary/aromatic N) is 1. The Kier molecular flexibility index (Phi) is 4.79. The van der Waals surface area contributed by atoms with Crippen LogP contribution in [0.5, 0.6) is 0 Å². The Bertz CT molecular complexity index is 1380. The van der Waals surface area contributed by atoms with Crippen molar-refractivity contribution in [1.29, 1.82) is 0 Å². The van der Waals surface area contributed by atoms with Crippen LogP contribution >= 0.6 is 11.6 Å². The van der Waals surface area contributed by atoms with Crippen LogP contribution in [0.2, 0.25) is 5.02 Å². The number of Topliss-reactive ketones (excluding diaryl/α,β-unsaturated/α-hetero) is 1. The van der Waals surface area contributed by atoms with Crippen LogP contribution in [0.15, 0.2) is 94.6 Å². The van der Waals surface area contributed by atoms with Gasteiger partial charge in [-0.25, -0.2) is 4.39 Å². The van der Waals surface area contributed by atoms with Gasteiger partial charge in [-0.2, -0.15) is 0 Å². The predicted octanol–water partition coefficient (Wildman–Crippen LogP) is 6.01. The normalized spacial score (nSPS) is 16.2. The fourth-order valence-electron chi connectivity index (χ4n) is 3.92. The lowest BCUT2D eigenvalue weighted by Crippen LogP contribution is -2.31. The number of ketones is 1. The standard InChI is InChI=1S/C25H15ClFNO4/c26-17-13-16(10-11-18(17)27)28-22(14-6-2-1-3-7-14)21(24(30)25(28)31)23(29)20-12-15-8-4-5-9-19(15)32-20/h1-13,22,30H. The van der Waals surface area contributed by atoms with Crippen LogP contribution in [-0.4, -0.2) is 16.8 Å². The van der Waals surface area contributed by atoms with Gasteiger partial charge in [0, 0.05) is 11.1 Å². The average Bonchev–Trinajstić information content (AvgIpc) is 3.35. The van der Waals surface area contributed by atoms with Gasteiger partial charge in [-0.3, -0.25) is 14.5 Å². The summed E-state index contributed by atoms with van der Waals surface area (Å²) < 4.78 is 19.4. The number of amides is 1. The van der Waals surface area contributed by atoms with Crippen molar-refractivity contribution in [2.45, 2.75) is 6.04 Å². The lowest BCUT2D eigenvalue weighted by atomic mass is 9.95. The highest BCUT2D eigenvalue weighted by atomic mass is 35.5. The minimum absolute atomic E-state index is 0.000435. The lowest BCUT2D eigenvalue weighted by Gasteiger charge is -2.27. The molecule has 1 N–H and O–H groups in total. The van der Waals surface area contributed by atoms with Crippen molar-refractivity contribution in [2.75, 3.05) is 4.90 Å². The summed E-state index contributed by atoms with van der Waals surface area (Å²) in [7, 11) is 0. The minimum Gasteiger partial charge on any atom is -0.503 e. The van der Waals surface area contributed by atoms with Crippen LogP contribution in [0, 0.1) is 5.82 Å². The maximum Gasteiger partial charge on any atom is 0.294 e. The fraction of sp³-hybridized carbons (Fsp3) is 0.0400. The summed E-state index contributed by atoms with van der Waals surface area (Å²) in [5.74, 6) is -2.74. The number of furan rings is 1. The SMILES string of the molecule is O=C(C1=C(O)C(=O)N(c2ccc(F)c(Cl)c2)C1c1ccccc1)c1cc2ccccc2o1. The zero-order chi connectivity index (χ0) is 22.4. The topological polar surface area (TPSA) is 70.8 Å². The number of anilines is 1. The van der Waals surface area contributed by atoms with Gasteiger partial charge < -0.3 is 9.52 Å². The smallest absolute Gasteiger partial charge is 0.294 e. The molecule has 7 heteroatoms. The van der Waals surface area contributed by atoms with E-state index in [4.69, 9.17) is 16.0 Å². The third kappa shape index (κ3) is 3.16. The van der Waals surface area contributed by atoms with Crippen molar-refractivity contribution in [3.8, 4) is 0 Å². The van der Waals surface area contributed by atoms with E-state index in [0.29, 0.717) is 11.1 Å².